The Bertz CT molecular complexity index is 917. The molecule has 0 aromatic carbocycles. The Kier molecular flexibility index (Phi) is 61.3. The van der Waals surface area contributed by atoms with E-state index in [9.17, 15) is 14.4 Å². The highest BCUT2D eigenvalue weighted by Crippen LogP contribution is 2.18. The number of unbranched alkanes of at least 4 members (excludes halogenated alkanes) is 48. The maximum Gasteiger partial charge on any atom is 0.313 e. The van der Waals surface area contributed by atoms with Crippen LogP contribution in [-0.2, 0) is 19.1 Å². The minimum absolute atomic E-state index is 0.323. The van der Waals surface area contributed by atoms with Gasteiger partial charge in [0.05, 0.1) is 0 Å². The Morgan fingerprint density at radius 2 is 0.369 bits per heavy atom. The van der Waals surface area contributed by atoms with Gasteiger partial charge >= 0.3 is 17.9 Å². The lowest BCUT2D eigenvalue weighted by atomic mass is 10.0. The number of hydrogen-bond donors (Lipinski definition) is 1. The van der Waals surface area contributed by atoms with Crippen molar-refractivity contribution in [3.05, 3.63) is 0 Å². The van der Waals surface area contributed by atoms with E-state index < -0.39 is 5.97 Å². The molecule has 0 amide bonds. The lowest BCUT2D eigenvalue weighted by molar-refractivity contribution is -0.159. The van der Waals surface area contributed by atoms with Crippen molar-refractivity contribution < 1.29 is 24.2 Å². The average Bonchev–Trinajstić information content (AvgIpc) is 3.29. The third-order valence-electron chi connectivity index (χ3n) is 13.7. The molecule has 0 saturated heterocycles. The average molecular weight is 920 g/mol. The molecule has 0 bridgehead atoms. The van der Waals surface area contributed by atoms with Gasteiger partial charge in [-0.15, -0.1) is 0 Å². The molecular formula is C60H118O5. The summed E-state index contributed by atoms with van der Waals surface area (Å²) in [4.78, 5) is 34.2. The van der Waals surface area contributed by atoms with Gasteiger partial charge in [-0.05, 0) is 19.3 Å². The lowest BCUT2D eigenvalue weighted by Gasteiger charge is -2.05. The van der Waals surface area contributed by atoms with Crippen LogP contribution in [0.5, 0.6) is 0 Å². The van der Waals surface area contributed by atoms with E-state index in [1.165, 1.54) is 289 Å². The molecule has 1 N–H and O–H groups in total. The van der Waals surface area contributed by atoms with Crippen LogP contribution >= 0.6 is 0 Å². The Balaban J connectivity index is 0. The highest BCUT2D eigenvalue weighted by Gasteiger charge is 2.10. The number of carbonyl (C=O) groups excluding carboxylic acids is 2. The van der Waals surface area contributed by atoms with Crippen molar-refractivity contribution in [2.45, 2.75) is 367 Å². The molecule has 0 aliphatic carbocycles. The van der Waals surface area contributed by atoms with E-state index in [4.69, 9.17) is 9.84 Å². The van der Waals surface area contributed by atoms with Crippen molar-refractivity contribution in [2.24, 2.45) is 0 Å². The summed E-state index contributed by atoms with van der Waals surface area (Å²) in [5, 5.41) is 8.56. The highest BCUT2D eigenvalue weighted by atomic mass is 16.6. The van der Waals surface area contributed by atoms with E-state index in [-0.39, 0.29) is 11.9 Å². The van der Waals surface area contributed by atoms with E-state index >= 15 is 0 Å². The van der Waals surface area contributed by atoms with E-state index in [2.05, 4.69) is 20.8 Å². The van der Waals surface area contributed by atoms with Crippen LogP contribution in [0.25, 0.3) is 0 Å². The van der Waals surface area contributed by atoms with Crippen molar-refractivity contribution in [2.75, 3.05) is 0 Å². The zero-order valence-corrected chi connectivity index (χ0v) is 44.8. The van der Waals surface area contributed by atoms with Crippen LogP contribution in [0, 0.1) is 0 Å². The first-order chi connectivity index (χ1) is 32.0. The first kappa shape index (κ1) is 65.7. The molecule has 0 atom stereocenters. The fourth-order valence-corrected chi connectivity index (χ4v) is 9.22. The third-order valence-corrected chi connectivity index (χ3v) is 13.7. The quantitative estimate of drug-likeness (QED) is 0.0373. The van der Waals surface area contributed by atoms with E-state index in [1.807, 2.05) is 0 Å². The molecule has 0 saturated carbocycles. The molecule has 0 heterocycles. The third kappa shape index (κ3) is 64.7. The van der Waals surface area contributed by atoms with Crippen LogP contribution in [0.4, 0.5) is 0 Å². The molecule has 0 aromatic rings. The predicted octanol–water partition coefficient (Wildman–Crippen LogP) is 21.3. The Morgan fingerprint density at radius 1 is 0.231 bits per heavy atom. The standard InChI is InChI=1S/C38H74O3.C22H44O2/c1-3-5-7-9-11-13-15-17-18-19-20-21-22-24-26-28-30-32-34-36-38(40)41-37(39)35-33-31-29-27-25-23-16-14-12-10-8-6-4-2;1-2-3-4-5-6-7-8-9-10-11-12-13-14-15-16-17-18-19-20-21-22(23)24/h3-36H2,1-2H3;2-21H2,1H3,(H,23,24). The molecule has 0 rings (SSSR count). The molecule has 0 aliphatic rings. The number of carbonyl (C=O) groups is 3. The maximum atomic E-state index is 11.9. The summed E-state index contributed by atoms with van der Waals surface area (Å²) in [6.07, 6.45) is 69.2. The molecule has 0 aliphatic heterocycles. The zero-order valence-electron chi connectivity index (χ0n) is 44.8. The normalized spacial score (nSPS) is 11.2. The summed E-state index contributed by atoms with van der Waals surface area (Å²) in [5.41, 5.74) is 0. The number of hydrogen-bond acceptors (Lipinski definition) is 4. The van der Waals surface area contributed by atoms with Crippen LogP contribution in [-0.4, -0.2) is 23.0 Å². The summed E-state index contributed by atoms with van der Waals surface area (Å²) in [6.45, 7) is 6.84. The molecule has 5 heteroatoms. The molecule has 0 unspecified atom stereocenters. The minimum atomic E-state index is -0.651. The van der Waals surface area contributed by atoms with Crippen LogP contribution in [0.1, 0.15) is 367 Å². The molecule has 388 valence electrons. The first-order valence-corrected chi connectivity index (χ1v) is 29.9. The summed E-state index contributed by atoms with van der Waals surface area (Å²) in [6, 6.07) is 0. The number of esters is 2. The molecule has 0 aromatic heterocycles. The number of carboxylic acid groups (broad SMARTS) is 1. The zero-order chi connectivity index (χ0) is 47.6. The number of ether oxygens (including phenoxy) is 1. The van der Waals surface area contributed by atoms with Gasteiger partial charge in [0.1, 0.15) is 0 Å². The second kappa shape index (κ2) is 60.6. The minimum Gasteiger partial charge on any atom is -0.481 e. The van der Waals surface area contributed by atoms with Gasteiger partial charge in [-0.3, -0.25) is 14.4 Å². The van der Waals surface area contributed by atoms with Gasteiger partial charge in [0.15, 0.2) is 0 Å². The predicted molar refractivity (Wildman–Crippen MR) is 285 cm³/mol. The molecule has 65 heavy (non-hydrogen) atoms. The fourth-order valence-electron chi connectivity index (χ4n) is 9.22. The second-order valence-corrected chi connectivity index (χ2v) is 20.5. The van der Waals surface area contributed by atoms with Gasteiger partial charge in [0, 0.05) is 19.3 Å². The van der Waals surface area contributed by atoms with Gasteiger partial charge in [-0.2, -0.15) is 0 Å². The summed E-state index contributed by atoms with van der Waals surface area (Å²) in [7, 11) is 0. The van der Waals surface area contributed by atoms with Gasteiger partial charge in [-0.1, -0.05) is 329 Å². The summed E-state index contributed by atoms with van der Waals surface area (Å²) in [5.74, 6) is -1.30. The van der Waals surface area contributed by atoms with Gasteiger partial charge in [0.2, 0.25) is 0 Å². The second-order valence-electron chi connectivity index (χ2n) is 20.5. The molecule has 5 nitrogen and oxygen atoms in total. The Labute approximate surface area is 408 Å². The van der Waals surface area contributed by atoms with Crippen LogP contribution < -0.4 is 0 Å². The van der Waals surface area contributed by atoms with E-state index in [0.29, 0.717) is 19.3 Å². The summed E-state index contributed by atoms with van der Waals surface area (Å²) < 4.78 is 5.02. The van der Waals surface area contributed by atoms with Crippen LogP contribution in [0.15, 0.2) is 0 Å². The number of carboxylic acids is 1. The maximum absolute atomic E-state index is 11.9. The van der Waals surface area contributed by atoms with Gasteiger partial charge in [0.25, 0.3) is 0 Å². The molecule has 0 radical (unpaired) electrons. The Hall–Kier alpha value is -1.39. The highest BCUT2D eigenvalue weighted by molar-refractivity contribution is 5.85. The van der Waals surface area contributed by atoms with E-state index in [0.717, 1.165) is 38.5 Å². The number of rotatable bonds is 54. The topological polar surface area (TPSA) is 80.7 Å². The molecule has 0 spiro atoms. The largest absolute Gasteiger partial charge is 0.481 e. The van der Waals surface area contributed by atoms with Crippen molar-refractivity contribution in [3.8, 4) is 0 Å². The van der Waals surface area contributed by atoms with Crippen molar-refractivity contribution in [3.63, 3.8) is 0 Å². The van der Waals surface area contributed by atoms with E-state index in [1.54, 1.807) is 0 Å². The Morgan fingerprint density at radius 3 is 0.523 bits per heavy atom. The first-order valence-electron chi connectivity index (χ1n) is 29.9. The molecular weight excluding hydrogens is 801 g/mol. The van der Waals surface area contributed by atoms with Crippen LogP contribution in [0.2, 0.25) is 0 Å². The molecule has 0 fully saturated rings. The smallest absolute Gasteiger partial charge is 0.313 e. The fraction of sp³-hybridized carbons (Fsp3) is 0.950. The lowest BCUT2D eigenvalue weighted by Crippen LogP contribution is -2.11. The van der Waals surface area contributed by atoms with Crippen molar-refractivity contribution in [1.82, 2.24) is 0 Å². The van der Waals surface area contributed by atoms with Gasteiger partial charge < -0.3 is 9.84 Å². The summed E-state index contributed by atoms with van der Waals surface area (Å²) >= 11 is 0. The monoisotopic (exact) mass is 919 g/mol. The van der Waals surface area contributed by atoms with Crippen molar-refractivity contribution >= 4 is 17.9 Å². The van der Waals surface area contributed by atoms with Gasteiger partial charge in [-0.25, -0.2) is 0 Å². The number of aliphatic carboxylic acids is 1. The van der Waals surface area contributed by atoms with Crippen LogP contribution in [0.3, 0.4) is 0 Å². The van der Waals surface area contributed by atoms with Crippen molar-refractivity contribution in [1.29, 1.82) is 0 Å². The SMILES string of the molecule is CCCCCCCCCCCCCCCCCCCCCC(=O)O.CCCCCCCCCCCCCCCCCCCCCC(=O)OC(=O)CCCCCCCCCCCCCCC.